The summed E-state index contributed by atoms with van der Waals surface area (Å²) >= 11 is 1.80. The predicted molar refractivity (Wildman–Crippen MR) is 83.2 cm³/mol. The Morgan fingerprint density at radius 2 is 1.89 bits per heavy atom. The summed E-state index contributed by atoms with van der Waals surface area (Å²) < 4.78 is 5.60. The molecule has 2 rings (SSSR count). The van der Waals surface area contributed by atoms with E-state index in [-0.39, 0.29) is 5.54 Å². The smallest absolute Gasteiger partial charge is 0.183 e. The van der Waals surface area contributed by atoms with E-state index in [4.69, 9.17) is 4.74 Å². The summed E-state index contributed by atoms with van der Waals surface area (Å²) in [4.78, 5) is 4.58. The highest BCUT2D eigenvalue weighted by molar-refractivity contribution is 7.07. The Bertz CT molecular complexity index is 395. The SMILES string of the molecule is CC1(C)COC(CCCCCCCc2ccsc2)=N1. The van der Waals surface area contributed by atoms with Gasteiger partial charge in [-0.3, -0.25) is 0 Å². The highest BCUT2D eigenvalue weighted by Crippen LogP contribution is 2.20. The third kappa shape index (κ3) is 5.35. The van der Waals surface area contributed by atoms with Crippen LogP contribution in [0.25, 0.3) is 0 Å². The average molecular weight is 279 g/mol. The molecule has 0 bridgehead atoms. The van der Waals surface area contributed by atoms with Gasteiger partial charge in [0.2, 0.25) is 0 Å². The molecule has 1 aliphatic rings. The Morgan fingerprint density at radius 1 is 1.16 bits per heavy atom. The van der Waals surface area contributed by atoms with Crippen LogP contribution in [0, 0.1) is 0 Å². The Balaban J connectivity index is 1.47. The molecule has 1 aromatic rings. The molecular formula is C16H25NOS. The third-order valence-corrected chi connectivity index (χ3v) is 4.19. The molecule has 1 aliphatic heterocycles. The van der Waals surface area contributed by atoms with Gasteiger partial charge in [0.15, 0.2) is 5.90 Å². The van der Waals surface area contributed by atoms with Crippen LogP contribution in [-0.4, -0.2) is 18.0 Å². The average Bonchev–Trinajstić information content (AvgIpc) is 2.98. The van der Waals surface area contributed by atoms with Crippen molar-refractivity contribution in [2.24, 2.45) is 4.99 Å². The van der Waals surface area contributed by atoms with Crippen LogP contribution in [-0.2, 0) is 11.2 Å². The summed E-state index contributed by atoms with van der Waals surface area (Å²) in [5, 5.41) is 4.43. The number of rotatable bonds is 8. The highest BCUT2D eigenvalue weighted by atomic mass is 32.1. The summed E-state index contributed by atoms with van der Waals surface area (Å²) in [6, 6.07) is 2.24. The number of ether oxygens (including phenoxy) is 1. The first-order valence-electron chi connectivity index (χ1n) is 7.38. The minimum atomic E-state index is 0.00979. The molecule has 0 saturated heterocycles. The van der Waals surface area contributed by atoms with Gasteiger partial charge in [0, 0.05) is 6.42 Å². The van der Waals surface area contributed by atoms with Gasteiger partial charge in [-0.05, 0) is 55.5 Å². The van der Waals surface area contributed by atoms with Gasteiger partial charge in [0.05, 0.1) is 5.54 Å². The van der Waals surface area contributed by atoms with Crippen molar-refractivity contribution in [2.45, 2.75) is 64.3 Å². The molecule has 0 aliphatic carbocycles. The van der Waals surface area contributed by atoms with Crippen LogP contribution >= 0.6 is 11.3 Å². The molecule has 0 aromatic carbocycles. The Labute approximate surface area is 120 Å². The van der Waals surface area contributed by atoms with E-state index in [1.807, 2.05) is 0 Å². The molecule has 3 heteroatoms. The van der Waals surface area contributed by atoms with Crippen molar-refractivity contribution in [3.05, 3.63) is 22.4 Å². The number of thiophene rings is 1. The van der Waals surface area contributed by atoms with Gasteiger partial charge < -0.3 is 4.74 Å². The zero-order chi connectivity index (χ0) is 13.6. The van der Waals surface area contributed by atoms with Gasteiger partial charge in [0.25, 0.3) is 0 Å². The van der Waals surface area contributed by atoms with Gasteiger partial charge in [-0.2, -0.15) is 11.3 Å². The topological polar surface area (TPSA) is 21.6 Å². The lowest BCUT2D eigenvalue weighted by atomic mass is 10.1. The maximum absolute atomic E-state index is 5.60. The second-order valence-electron chi connectivity index (χ2n) is 6.01. The fraction of sp³-hybridized carbons (Fsp3) is 0.688. The van der Waals surface area contributed by atoms with Crippen LogP contribution in [0.15, 0.2) is 21.8 Å². The molecule has 0 atom stereocenters. The summed E-state index contributed by atoms with van der Waals surface area (Å²) in [5.41, 5.74) is 1.51. The molecule has 0 radical (unpaired) electrons. The van der Waals surface area contributed by atoms with E-state index in [1.165, 1.54) is 44.1 Å². The fourth-order valence-electron chi connectivity index (χ4n) is 2.36. The molecule has 0 unspecified atom stereocenters. The second kappa shape index (κ2) is 7.09. The third-order valence-electron chi connectivity index (χ3n) is 3.46. The van der Waals surface area contributed by atoms with E-state index in [2.05, 4.69) is 35.7 Å². The lowest BCUT2D eigenvalue weighted by Gasteiger charge is -2.07. The number of aryl methyl sites for hydroxylation is 1. The Kier molecular flexibility index (Phi) is 5.44. The fourth-order valence-corrected chi connectivity index (χ4v) is 3.06. The normalized spacial score (nSPS) is 17.3. The first-order valence-corrected chi connectivity index (χ1v) is 8.33. The monoisotopic (exact) mass is 279 g/mol. The van der Waals surface area contributed by atoms with Crippen LogP contribution in [0.1, 0.15) is 57.9 Å². The summed E-state index contributed by atoms with van der Waals surface area (Å²) in [6.45, 7) is 5.01. The maximum Gasteiger partial charge on any atom is 0.183 e. The lowest BCUT2D eigenvalue weighted by Crippen LogP contribution is -2.17. The van der Waals surface area contributed by atoms with E-state index in [1.54, 1.807) is 11.3 Å². The Hall–Kier alpha value is -0.830. The highest BCUT2D eigenvalue weighted by Gasteiger charge is 2.25. The van der Waals surface area contributed by atoms with Crippen molar-refractivity contribution in [1.82, 2.24) is 0 Å². The molecular weight excluding hydrogens is 254 g/mol. The number of unbranched alkanes of at least 4 members (excludes halogenated alkanes) is 4. The van der Waals surface area contributed by atoms with Gasteiger partial charge in [-0.15, -0.1) is 0 Å². The number of aliphatic imine (C=N–C) groups is 1. The molecule has 1 aromatic heterocycles. The molecule has 106 valence electrons. The zero-order valence-electron chi connectivity index (χ0n) is 12.2. The molecule has 0 fully saturated rings. The van der Waals surface area contributed by atoms with Gasteiger partial charge >= 0.3 is 0 Å². The first kappa shape index (κ1) is 14.6. The van der Waals surface area contributed by atoms with Gasteiger partial charge in [-0.25, -0.2) is 4.99 Å². The lowest BCUT2D eigenvalue weighted by molar-refractivity contribution is 0.273. The molecule has 0 spiro atoms. The predicted octanol–water partition coefficient (Wildman–Crippen LogP) is 4.84. The van der Waals surface area contributed by atoms with Crippen molar-refractivity contribution in [3.63, 3.8) is 0 Å². The molecule has 0 saturated carbocycles. The van der Waals surface area contributed by atoms with Crippen LogP contribution in [0.5, 0.6) is 0 Å². The largest absolute Gasteiger partial charge is 0.478 e. The van der Waals surface area contributed by atoms with E-state index in [0.29, 0.717) is 0 Å². The number of hydrogen-bond donors (Lipinski definition) is 0. The minimum absolute atomic E-state index is 0.00979. The van der Waals surface area contributed by atoms with Crippen LogP contribution in [0.2, 0.25) is 0 Å². The maximum atomic E-state index is 5.60. The summed E-state index contributed by atoms with van der Waals surface area (Å²) in [7, 11) is 0. The van der Waals surface area contributed by atoms with Crippen LogP contribution in [0.3, 0.4) is 0 Å². The van der Waals surface area contributed by atoms with E-state index in [0.717, 1.165) is 18.9 Å². The Morgan fingerprint density at radius 3 is 2.53 bits per heavy atom. The molecule has 2 nitrogen and oxygen atoms in total. The van der Waals surface area contributed by atoms with Crippen molar-refractivity contribution in [1.29, 1.82) is 0 Å². The van der Waals surface area contributed by atoms with Crippen molar-refractivity contribution >= 4 is 17.2 Å². The van der Waals surface area contributed by atoms with Gasteiger partial charge in [-0.1, -0.05) is 19.3 Å². The molecule has 2 heterocycles. The number of hydrogen-bond acceptors (Lipinski definition) is 3. The quantitative estimate of drug-likeness (QED) is 0.624. The van der Waals surface area contributed by atoms with Crippen molar-refractivity contribution in [2.75, 3.05) is 6.61 Å². The van der Waals surface area contributed by atoms with Crippen LogP contribution < -0.4 is 0 Å². The standard InChI is InChI=1S/C16H25NOS/c1-16(2)13-18-15(17-16)9-7-5-3-4-6-8-14-10-11-19-12-14/h10-12H,3-9,13H2,1-2H3. The van der Waals surface area contributed by atoms with Gasteiger partial charge in [0.1, 0.15) is 6.61 Å². The number of nitrogens with zero attached hydrogens (tertiary/aromatic N) is 1. The molecule has 0 N–H and O–H groups in total. The minimum Gasteiger partial charge on any atom is -0.478 e. The van der Waals surface area contributed by atoms with E-state index < -0.39 is 0 Å². The molecule has 0 amide bonds. The van der Waals surface area contributed by atoms with Crippen molar-refractivity contribution in [3.8, 4) is 0 Å². The first-order chi connectivity index (χ1) is 9.16. The summed E-state index contributed by atoms with van der Waals surface area (Å²) in [5.74, 6) is 0.975. The zero-order valence-corrected chi connectivity index (χ0v) is 13.0. The van der Waals surface area contributed by atoms with Crippen LogP contribution in [0.4, 0.5) is 0 Å². The van der Waals surface area contributed by atoms with E-state index in [9.17, 15) is 0 Å². The molecule has 19 heavy (non-hydrogen) atoms. The van der Waals surface area contributed by atoms with Crippen molar-refractivity contribution < 1.29 is 4.74 Å². The second-order valence-corrected chi connectivity index (χ2v) is 6.79. The van der Waals surface area contributed by atoms with E-state index >= 15 is 0 Å². The summed E-state index contributed by atoms with van der Waals surface area (Å²) in [6.07, 6.45) is 8.78.